The molecule has 0 aromatic carbocycles. The van der Waals surface area contributed by atoms with E-state index >= 15 is 4.39 Å². The molecule has 0 aliphatic rings. The molecular formula is C23H5F39O2. The third kappa shape index (κ3) is 6.89. The maximum atomic E-state index is 15.3. The molecule has 0 saturated carbocycles. The molecule has 0 aromatic rings. The number of hydrogen-bond acceptors (Lipinski definition) is 2. The van der Waals surface area contributed by atoms with Gasteiger partial charge < -0.3 is 4.74 Å². The summed E-state index contributed by atoms with van der Waals surface area (Å²) in [5.74, 6) is -174. The van der Waals surface area contributed by atoms with Crippen LogP contribution in [-0.2, 0) is 9.53 Å². The minimum atomic E-state index is -10.5. The second-order valence-corrected chi connectivity index (χ2v) is 12.0. The van der Waals surface area contributed by atoms with Gasteiger partial charge in [-0.05, 0) is 6.92 Å². The molecule has 0 aromatic heterocycles. The lowest BCUT2D eigenvalue weighted by atomic mass is 9.81. The lowest BCUT2D eigenvalue weighted by molar-refractivity contribution is -0.502. The van der Waals surface area contributed by atoms with E-state index in [0.29, 0.717) is 0 Å². The van der Waals surface area contributed by atoms with Crippen molar-refractivity contribution in [1.29, 1.82) is 0 Å². The lowest BCUT2D eigenvalue weighted by Gasteiger charge is -2.48. The molecular weight excluding hydrogens is 1050 g/mol. The molecule has 0 radical (unpaired) electrons. The van der Waals surface area contributed by atoms with Crippen molar-refractivity contribution in [2.24, 2.45) is 0 Å². The zero-order chi connectivity index (χ0) is 53.4. The highest BCUT2D eigenvalue weighted by Gasteiger charge is 3.03. The van der Waals surface area contributed by atoms with Gasteiger partial charge in [-0.2, -0.15) is 171 Å². The number of rotatable bonds is 18. The first-order valence-corrected chi connectivity index (χ1v) is 13.6. The van der Waals surface area contributed by atoms with Gasteiger partial charge in [0.25, 0.3) is 0 Å². The molecule has 2 nitrogen and oxygen atoms in total. The monoisotopic (exact) mass is 1050 g/mol. The van der Waals surface area contributed by atoms with Gasteiger partial charge in [0.05, 0.1) is 0 Å². The molecule has 41 heteroatoms. The summed E-state index contributed by atoms with van der Waals surface area (Å²) in [7, 11) is 0. The van der Waals surface area contributed by atoms with E-state index < -0.39 is 131 Å². The predicted molar refractivity (Wildman–Crippen MR) is 116 cm³/mol. The van der Waals surface area contributed by atoms with Gasteiger partial charge in [-0.3, -0.25) is 0 Å². The first-order chi connectivity index (χ1) is 26.8. The van der Waals surface area contributed by atoms with E-state index in [9.17, 15) is 172 Å². The molecule has 0 rings (SSSR count). The summed E-state index contributed by atoms with van der Waals surface area (Å²) in [6.45, 7) is 1.29. The van der Waals surface area contributed by atoms with E-state index in [2.05, 4.69) is 0 Å². The van der Waals surface area contributed by atoms with Crippen LogP contribution in [0.4, 0.5) is 171 Å². The molecule has 382 valence electrons. The second kappa shape index (κ2) is 14.7. The van der Waals surface area contributed by atoms with Gasteiger partial charge in [0.1, 0.15) is 0 Å². The van der Waals surface area contributed by atoms with Crippen molar-refractivity contribution in [3.05, 3.63) is 12.2 Å². The Labute approximate surface area is 320 Å². The smallest absolute Gasteiger partial charge is 0.413 e. The average Bonchev–Trinajstić information content (AvgIpc) is 3.05. The van der Waals surface area contributed by atoms with E-state index in [4.69, 9.17) is 0 Å². The molecule has 0 amide bonds. The minimum absolute atomic E-state index is 0.534. The van der Waals surface area contributed by atoms with Crippen LogP contribution in [0, 0.1) is 0 Å². The molecule has 0 fully saturated rings. The third-order valence-electron chi connectivity index (χ3n) is 7.62. The molecule has 0 heterocycles. The Morgan fingerprint density at radius 2 is 0.391 bits per heavy atom. The normalized spacial score (nSPS) is 17.6. The Hall–Kier alpha value is -3.52. The van der Waals surface area contributed by atoms with E-state index in [0.717, 1.165) is 0 Å². The maximum Gasteiger partial charge on any atom is 0.460 e. The van der Waals surface area contributed by atoms with Gasteiger partial charge in [-0.1, -0.05) is 6.58 Å². The number of esters is 1. The molecule has 64 heavy (non-hydrogen) atoms. The molecule has 0 spiro atoms. The molecule has 0 bridgehead atoms. The predicted octanol–water partition coefficient (Wildman–Crippen LogP) is 13.1. The van der Waals surface area contributed by atoms with E-state index in [1.807, 2.05) is 6.58 Å². The van der Waals surface area contributed by atoms with Crippen molar-refractivity contribution in [3.63, 3.8) is 0 Å². The summed E-state index contributed by atoms with van der Waals surface area (Å²) >= 11 is 0. The van der Waals surface area contributed by atoms with Gasteiger partial charge in [-0.25, -0.2) is 4.79 Å². The fraction of sp³-hybridized carbons (Fsp3) is 0.870. The van der Waals surface area contributed by atoms with Gasteiger partial charge >= 0.3 is 119 Å². The highest BCUT2D eigenvalue weighted by atomic mass is 19.5. The molecule has 1 atom stereocenters. The summed E-state index contributed by atoms with van der Waals surface area (Å²) in [6.07, 6.45) is -17.0. The Kier molecular flexibility index (Phi) is 13.9. The van der Waals surface area contributed by atoms with Crippen LogP contribution in [0.25, 0.3) is 0 Å². The molecule has 0 aliphatic carbocycles. The van der Waals surface area contributed by atoms with Crippen molar-refractivity contribution in [2.75, 3.05) is 0 Å². The Balaban J connectivity index is 8.53. The van der Waals surface area contributed by atoms with Crippen LogP contribution in [0.15, 0.2) is 12.2 Å². The first kappa shape index (κ1) is 60.5. The van der Waals surface area contributed by atoms with Crippen molar-refractivity contribution in [3.8, 4) is 0 Å². The van der Waals surface area contributed by atoms with Gasteiger partial charge in [0.15, 0.2) is 0 Å². The highest BCUT2D eigenvalue weighted by molar-refractivity contribution is 5.87. The SMILES string of the molecule is C=C(C)C(=O)OC(F)(C(F)(F)C(F)(F)C(F)(F)C(F)(F)C(F)(F)C(F)(F)C(F)(F)F)C(F)(F)C(F)(F)C(F)(F)C(F)(F)C(F)(F)C(F)(F)C(F)(F)C(F)(F)C(F)(F)C(F)(F)C(F)(F)F. The minimum Gasteiger partial charge on any atom is -0.413 e. The Morgan fingerprint density at radius 3 is 0.516 bits per heavy atom. The van der Waals surface area contributed by atoms with Crippen LogP contribution in [-0.4, -0.2) is 119 Å². The Morgan fingerprint density at radius 1 is 0.266 bits per heavy atom. The van der Waals surface area contributed by atoms with E-state index in [1.165, 1.54) is 0 Å². The largest absolute Gasteiger partial charge is 0.460 e. The number of alkyl halides is 39. The summed E-state index contributed by atoms with van der Waals surface area (Å²) in [4.78, 5) is 11.4. The third-order valence-corrected chi connectivity index (χ3v) is 7.62. The van der Waals surface area contributed by atoms with Crippen LogP contribution in [0.3, 0.4) is 0 Å². The quantitative estimate of drug-likeness (QED) is 0.0777. The maximum absolute atomic E-state index is 15.3. The molecule has 1 unspecified atom stereocenters. The van der Waals surface area contributed by atoms with Crippen molar-refractivity contribution in [1.82, 2.24) is 0 Å². The average molecular weight is 1050 g/mol. The molecule has 0 aliphatic heterocycles. The van der Waals surface area contributed by atoms with Crippen LogP contribution in [0.5, 0.6) is 0 Å². The lowest BCUT2D eigenvalue weighted by Crippen LogP contribution is -2.81. The summed E-state index contributed by atoms with van der Waals surface area (Å²) in [5, 5.41) is 0. The standard InChI is InChI=1S/C23H5F39O2/c1-3(2)4(63)64-21(56,18(50,51)14(42,43)10(34,35)12(38,39)16(46,47)20(54,55)23(60,61)62)17(48,49)13(40,41)9(32,33)7(28,29)5(24,25)6(26,27)8(30,31)11(36,37)15(44,45)19(52,53)22(57,58)59/h1H2,2H3. The number of halogens is 39. The van der Waals surface area contributed by atoms with E-state index in [1.54, 1.807) is 4.74 Å². The zero-order valence-electron chi connectivity index (χ0n) is 27.8. The number of hydrogen-bond donors (Lipinski definition) is 0. The van der Waals surface area contributed by atoms with Crippen molar-refractivity contribution < 1.29 is 181 Å². The number of ether oxygens (including phenoxy) is 1. The molecule has 0 N–H and O–H groups in total. The van der Waals surface area contributed by atoms with Crippen molar-refractivity contribution >= 4 is 5.97 Å². The van der Waals surface area contributed by atoms with Gasteiger partial charge in [0.2, 0.25) is 0 Å². The van der Waals surface area contributed by atoms with Crippen molar-refractivity contribution in [2.45, 2.75) is 120 Å². The van der Waals surface area contributed by atoms with E-state index in [-0.39, 0.29) is 0 Å². The second-order valence-electron chi connectivity index (χ2n) is 12.0. The van der Waals surface area contributed by atoms with Crippen LogP contribution >= 0.6 is 0 Å². The Bertz CT molecular complexity index is 1760. The summed E-state index contributed by atoms with van der Waals surface area (Å²) < 4.78 is 536. The first-order valence-electron chi connectivity index (χ1n) is 13.6. The zero-order valence-corrected chi connectivity index (χ0v) is 27.8. The fourth-order valence-electron chi connectivity index (χ4n) is 3.67. The topological polar surface area (TPSA) is 26.3 Å². The number of carbonyl (C=O) groups excluding carboxylic acids is 1. The van der Waals surface area contributed by atoms with Crippen LogP contribution in [0.2, 0.25) is 0 Å². The fourth-order valence-corrected chi connectivity index (χ4v) is 3.67. The van der Waals surface area contributed by atoms with Crippen LogP contribution in [0.1, 0.15) is 6.92 Å². The molecule has 0 saturated heterocycles. The number of carbonyl (C=O) groups is 1. The highest BCUT2D eigenvalue weighted by Crippen LogP contribution is 2.71. The van der Waals surface area contributed by atoms with Gasteiger partial charge in [-0.15, -0.1) is 0 Å². The van der Waals surface area contributed by atoms with Crippen LogP contribution < -0.4 is 0 Å². The van der Waals surface area contributed by atoms with Gasteiger partial charge in [0, 0.05) is 5.57 Å². The summed E-state index contributed by atoms with van der Waals surface area (Å²) in [5.41, 5.74) is -2.53. The summed E-state index contributed by atoms with van der Waals surface area (Å²) in [6, 6.07) is 0.